The van der Waals surface area contributed by atoms with Gasteiger partial charge in [0.05, 0.1) is 7.11 Å². The highest BCUT2D eigenvalue weighted by Crippen LogP contribution is 2.21. The third kappa shape index (κ3) is 4.27. The first-order chi connectivity index (χ1) is 8.58. The van der Waals surface area contributed by atoms with Crippen molar-refractivity contribution in [3.8, 4) is 5.75 Å². The van der Waals surface area contributed by atoms with Crippen LogP contribution in [0.5, 0.6) is 5.75 Å². The molecule has 102 valence electrons. The van der Waals surface area contributed by atoms with Crippen LogP contribution in [0.15, 0.2) is 18.2 Å². The molecule has 2 atom stereocenters. The van der Waals surface area contributed by atoms with Gasteiger partial charge in [0.2, 0.25) is 0 Å². The van der Waals surface area contributed by atoms with Crippen molar-refractivity contribution in [1.29, 1.82) is 0 Å². The van der Waals surface area contributed by atoms with E-state index in [2.05, 4.69) is 12.2 Å². The van der Waals surface area contributed by atoms with Gasteiger partial charge in [-0.05, 0) is 18.9 Å². The molecule has 0 heterocycles. The molecule has 4 heteroatoms. The molecule has 3 nitrogen and oxygen atoms in total. The highest BCUT2D eigenvalue weighted by molar-refractivity contribution is 5.30. The maximum Gasteiger partial charge on any atom is 0.131 e. The standard InChI is InChI=1S/C14H22FNO2/c1-10(9-17-3)8-16-11(2)13-6-5-12(18-4)7-14(13)15/h5-7,10-11,16H,8-9H2,1-4H3. The monoisotopic (exact) mass is 255 g/mol. The number of ether oxygens (including phenoxy) is 2. The van der Waals surface area contributed by atoms with Crippen LogP contribution in [0.3, 0.4) is 0 Å². The fourth-order valence-electron chi connectivity index (χ4n) is 1.82. The Morgan fingerprint density at radius 2 is 2.00 bits per heavy atom. The van der Waals surface area contributed by atoms with Crippen LogP contribution in [0.4, 0.5) is 4.39 Å². The van der Waals surface area contributed by atoms with Crippen molar-refractivity contribution in [2.75, 3.05) is 27.4 Å². The normalized spacial score (nSPS) is 14.3. The summed E-state index contributed by atoms with van der Waals surface area (Å²) in [7, 11) is 3.21. The second-order valence-corrected chi connectivity index (χ2v) is 4.58. The molecule has 0 spiro atoms. The fraction of sp³-hybridized carbons (Fsp3) is 0.571. The lowest BCUT2D eigenvalue weighted by molar-refractivity contribution is 0.157. The van der Waals surface area contributed by atoms with Crippen LogP contribution in [-0.2, 0) is 4.74 Å². The van der Waals surface area contributed by atoms with Crippen molar-refractivity contribution in [2.45, 2.75) is 19.9 Å². The Balaban J connectivity index is 2.58. The first kappa shape index (κ1) is 14.9. The molecular weight excluding hydrogens is 233 g/mol. The summed E-state index contributed by atoms with van der Waals surface area (Å²) in [6.07, 6.45) is 0. The van der Waals surface area contributed by atoms with E-state index in [9.17, 15) is 4.39 Å². The third-order valence-electron chi connectivity index (χ3n) is 2.90. The average Bonchev–Trinajstić information content (AvgIpc) is 2.36. The predicted octanol–water partition coefficient (Wildman–Crippen LogP) is 2.77. The smallest absolute Gasteiger partial charge is 0.131 e. The maximum atomic E-state index is 13.8. The minimum atomic E-state index is -0.242. The Morgan fingerprint density at radius 3 is 2.56 bits per heavy atom. The van der Waals surface area contributed by atoms with Gasteiger partial charge in [-0.3, -0.25) is 0 Å². The largest absolute Gasteiger partial charge is 0.497 e. The van der Waals surface area contributed by atoms with Gasteiger partial charge >= 0.3 is 0 Å². The molecule has 0 aliphatic carbocycles. The van der Waals surface area contributed by atoms with E-state index >= 15 is 0 Å². The van der Waals surface area contributed by atoms with Gasteiger partial charge in [-0.2, -0.15) is 0 Å². The summed E-state index contributed by atoms with van der Waals surface area (Å²) in [6, 6.07) is 4.91. The zero-order valence-electron chi connectivity index (χ0n) is 11.5. The van der Waals surface area contributed by atoms with Crippen LogP contribution in [0.1, 0.15) is 25.5 Å². The highest BCUT2D eigenvalue weighted by atomic mass is 19.1. The summed E-state index contributed by atoms with van der Waals surface area (Å²) < 4.78 is 23.9. The Kier molecular flexibility index (Phi) is 6.09. The zero-order valence-corrected chi connectivity index (χ0v) is 11.5. The summed E-state index contributed by atoms with van der Waals surface area (Å²) in [6.45, 7) is 5.53. The molecule has 1 aromatic rings. The predicted molar refractivity (Wildman–Crippen MR) is 70.4 cm³/mol. The quantitative estimate of drug-likeness (QED) is 0.812. The minimum Gasteiger partial charge on any atom is -0.497 e. The first-order valence-electron chi connectivity index (χ1n) is 6.14. The van der Waals surface area contributed by atoms with E-state index in [4.69, 9.17) is 9.47 Å². The van der Waals surface area contributed by atoms with E-state index < -0.39 is 0 Å². The Hall–Kier alpha value is -1.13. The Labute approximate surface area is 108 Å². The zero-order chi connectivity index (χ0) is 13.5. The number of hydrogen-bond donors (Lipinski definition) is 1. The Morgan fingerprint density at radius 1 is 1.28 bits per heavy atom. The number of methoxy groups -OCH3 is 2. The van der Waals surface area contributed by atoms with Crippen molar-refractivity contribution in [1.82, 2.24) is 5.32 Å². The van der Waals surface area contributed by atoms with Gasteiger partial charge in [-0.1, -0.05) is 13.0 Å². The van der Waals surface area contributed by atoms with Gasteiger partial charge in [0.15, 0.2) is 0 Å². The van der Waals surface area contributed by atoms with Crippen LogP contribution < -0.4 is 10.1 Å². The number of hydrogen-bond acceptors (Lipinski definition) is 3. The van der Waals surface area contributed by atoms with Gasteiger partial charge < -0.3 is 14.8 Å². The van der Waals surface area contributed by atoms with Gasteiger partial charge in [-0.25, -0.2) is 4.39 Å². The van der Waals surface area contributed by atoms with Gasteiger partial charge in [0.1, 0.15) is 11.6 Å². The van der Waals surface area contributed by atoms with Crippen molar-refractivity contribution in [2.24, 2.45) is 5.92 Å². The molecule has 0 amide bonds. The average molecular weight is 255 g/mol. The van der Waals surface area contributed by atoms with E-state index in [1.165, 1.54) is 13.2 Å². The molecule has 0 radical (unpaired) electrons. The molecule has 0 fully saturated rings. The van der Waals surface area contributed by atoms with E-state index in [-0.39, 0.29) is 11.9 Å². The molecule has 0 saturated carbocycles. The molecule has 1 aromatic carbocycles. The SMILES string of the molecule is COCC(C)CNC(C)c1ccc(OC)cc1F. The summed E-state index contributed by atoms with van der Waals surface area (Å²) in [5, 5.41) is 3.30. The number of rotatable bonds is 7. The molecule has 0 aliphatic rings. The molecule has 2 unspecified atom stereocenters. The Bertz CT molecular complexity index is 371. The van der Waals surface area contributed by atoms with Gasteiger partial charge in [-0.15, -0.1) is 0 Å². The second-order valence-electron chi connectivity index (χ2n) is 4.58. The van der Waals surface area contributed by atoms with Gasteiger partial charge in [0, 0.05) is 37.9 Å². The molecule has 0 aromatic heterocycles. The first-order valence-corrected chi connectivity index (χ1v) is 6.14. The minimum absolute atomic E-state index is 0.0322. The van der Waals surface area contributed by atoms with Crippen LogP contribution in [-0.4, -0.2) is 27.4 Å². The van der Waals surface area contributed by atoms with Crippen molar-refractivity contribution >= 4 is 0 Å². The summed E-state index contributed by atoms with van der Waals surface area (Å²) in [5.74, 6) is 0.698. The van der Waals surface area contributed by atoms with Crippen molar-refractivity contribution < 1.29 is 13.9 Å². The van der Waals surface area contributed by atoms with E-state index in [0.29, 0.717) is 23.8 Å². The van der Waals surface area contributed by atoms with Crippen LogP contribution in [0.2, 0.25) is 0 Å². The fourth-order valence-corrected chi connectivity index (χ4v) is 1.82. The molecule has 1 N–H and O–H groups in total. The molecule has 18 heavy (non-hydrogen) atoms. The van der Waals surface area contributed by atoms with Crippen LogP contribution >= 0.6 is 0 Å². The van der Waals surface area contributed by atoms with E-state index in [1.807, 2.05) is 6.92 Å². The van der Waals surface area contributed by atoms with E-state index in [0.717, 1.165) is 6.54 Å². The lowest BCUT2D eigenvalue weighted by Crippen LogP contribution is -2.27. The molecule has 1 rings (SSSR count). The topological polar surface area (TPSA) is 30.5 Å². The van der Waals surface area contributed by atoms with Gasteiger partial charge in [0.25, 0.3) is 0 Å². The van der Waals surface area contributed by atoms with Crippen LogP contribution in [0.25, 0.3) is 0 Å². The molecule has 0 aliphatic heterocycles. The number of nitrogens with one attached hydrogen (secondary N) is 1. The molecular formula is C14H22FNO2. The highest BCUT2D eigenvalue weighted by Gasteiger charge is 2.12. The lowest BCUT2D eigenvalue weighted by Gasteiger charge is -2.18. The maximum absolute atomic E-state index is 13.8. The summed E-state index contributed by atoms with van der Waals surface area (Å²) in [4.78, 5) is 0. The lowest BCUT2D eigenvalue weighted by atomic mass is 10.1. The van der Waals surface area contributed by atoms with Crippen molar-refractivity contribution in [3.05, 3.63) is 29.6 Å². The van der Waals surface area contributed by atoms with E-state index in [1.54, 1.807) is 19.2 Å². The molecule has 0 bridgehead atoms. The van der Waals surface area contributed by atoms with Crippen molar-refractivity contribution in [3.63, 3.8) is 0 Å². The third-order valence-corrected chi connectivity index (χ3v) is 2.90. The van der Waals surface area contributed by atoms with Crippen LogP contribution in [0, 0.1) is 11.7 Å². The summed E-state index contributed by atoms with van der Waals surface area (Å²) >= 11 is 0. The number of halogens is 1. The number of benzene rings is 1. The second kappa shape index (κ2) is 7.34. The summed E-state index contributed by atoms with van der Waals surface area (Å²) in [5.41, 5.74) is 0.653. The molecule has 0 saturated heterocycles.